The summed E-state index contributed by atoms with van der Waals surface area (Å²) >= 11 is 0. The number of hydrogen-bond donors (Lipinski definition) is 1. The van der Waals surface area contributed by atoms with Gasteiger partial charge >= 0.3 is 0 Å². The third kappa shape index (κ3) is 5.25. The Bertz CT molecular complexity index is 285. The van der Waals surface area contributed by atoms with Crippen molar-refractivity contribution in [2.75, 3.05) is 38.4 Å². The van der Waals surface area contributed by atoms with Gasteiger partial charge < -0.3 is 14.8 Å². The van der Waals surface area contributed by atoms with Gasteiger partial charge in [0.05, 0.1) is 31.7 Å². The summed E-state index contributed by atoms with van der Waals surface area (Å²) in [6, 6.07) is 0.0556. The summed E-state index contributed by atoms with van der Waals surface area (Å²) in [6.07, 6.45) is 1.80. The first-order valence-corrected chi connectivity index (χ1v) is 7.69. The highest BCUT2D eigenvalue weighted by atomic mass is 32.2. The molecular weight excluding hydrogens is 230 g/mol. The first-order chi connectivity index (χ1) is 7.53. The Hall–Kier alpha value is -0.170. The van der Waals surface area contributed by atoms with Crippen LogP contribution in [-0.4, -0.2) is 58.9 Å². The monoisotopic (exact) mass is 251 g/mol. The predicted molar refractivity (Wildman–Crippen MR) is 62.4 cm³/mol. The molecule has 0 saturated carbocycles. The largest absolute Gasteiger partial charge is 0.376 e. The molecule has 1 saturated heterocycles. The summed E-state index contributed by atoms with van der Waals surface area (Å²) in [5.41, 5.74) is 0. The molecule has 0 bridgehead atoms. The predicted octanol–water partition coefficient (Wildman–Crippen LogP) is -0.185. The van der Waals surface area contributed by atoms with E-state index in [-0.39, 0.29) is 17.9 Å². The normalized spacial score (nSPS) is 24.2. The van der Waals surface area contributed by atoms with Gasteiger partial charge in [0.2, 0.25) is 0 Å². The molecule has 0 aliphatic carbocycles. The van der Waals surface area contributed by atoms with Crippen molar-refractivity contribution < 1.29 is 17.9 Å². The van der Waals surface area contributed by atoms with Crippen LogP contribution in [0.25, 0.3) is 0 Å². The van der Waals surface area contributed by atoms with Gasteiger partial charge in [0, 0.05) is 12.3 Å². The van der Waals surface area contributed by atoms with E-state index in [0.717, 1.165) is 6.54 Å². The maximum absolute atomic E-state index is 11.1. The van der Waals surface area contributed by atoms with Crippen LogP contribution in [0.4, 0.5) is 0 Å². The second kappa shape index (κ2) is 6.54. The van der Waals surface area contributed by atoms with Crippen molar-refractivity contribution in [3.63, 3.8) is 0 Å². The Morgan fingerprint density at radius 2 is 2.19 bits per heavy atom. The minimum Gasteiger partial charge on any atom is -0.376 e. The molecule has 16 heavy (non-hydrogen) atoms. The van der Waals surface area contributed by atoms with Crippen molar-refractivity contribution in [2.45, 2.75) is 25.5 Å². The molecule has 0 aromatic carbocycles. The van der Waals surface area contributed by atoms with Gasteiger partial charge in [-0.2, -0.15) is 0 Å². The summed E-state index contributed by atoms with van der Waals surface area (Å²) in [7, 11) is -2.91. The van der Waals surface area contributed by atoms with Crippen LogP contribution in [-0.2, 0) is 19.3 Å². The van der Waals surface area contributed by atoms with Gasteiger partial charge in [0.1, 0.15) is 9.84 Å². The van der Waals surface area contributed by atoms with Gasteiger partial charge in [0.25, 0.3) is 0 Å². The van der Waals surface area contributed by atoms with Crippen LogP contribution in [0.1, 0.15) is 13.3 Å². The Labute approximate surface area is 97.4 Å². The molecule has 1 rings (SSSR count). The lowest BCUT2D eigenvalue weighted by Crippen LogP contribution is -2.47. The van der Waals surface area contributed by atoms with Crippen molar-refractivity contribution in [2.24, 2.45) is 0 Å². The lowest BCUT2D eigenvalue weighted by atomic mass is 10.1. The van der Waals surface area contributed by atoms with E-state index in [4.69, 9.17) is 9.47 Å². The summed E-state index contributed by atoms with van der Waals surface area (Å²) in [4.78, 5) is 0. The molecule has 1 heterocycles. The van der Waals surface area contributed by atoms with Crippen LogP contribution in [0.2, 0.25) is 0 Å². The van der Waals surface area contributed by atoms with Crippen molar-refractivity contribution >= 4 is 9.84 Å². The van der Waals surface area contributed by atoms with Crippen molar-refractivity contribution in [3.05, 3.63) is 0 Å². The highest BCUT2D eigenvalue weighted by Crippen LogP contribution is 2.10. The average molecular weight is 251 g/mol. The summed E-state index contributed by atoms with van der Waals surface area (Å²) in [5, 5.41) is 3.26. The minimum absolute atomic E-state index is 0.0320. The van der Waals surface area contributed by atoms with Gasteiger partial charge in [-0.25, -0.2) is 8.42 Å². The summed E-state index contributed by atoms with van der Waals surface area (Å²) in [5.74, 6) is 0.185. The Balaban J connectivity index is 2.45. The van der Waals surface area contributed by atoms with Gasteiger partial charge in [-0.1, -0.05) is 6.92 Å². The van der Waals surface area contributed by atoms with E-state index in [0.29, 0.717) is 26.2 Å². The van der Waals surface area contributed by atoms with Crippen LogP contribution in [0.3, 0.4) is 0 Å². The molecule has 1 fully saturated rings. The number of rotatable bonds is 6. The first kappa shape index (κ1) is 13.9. The van der Waals surface area contributed by atoms with Crippen LogP contribution in [0, 0.1) is 0 Å². The van der Waals surface area contributed by atoms with E-state index in [1.807, 2.05) is 6.92 Å². The minimum atomic E-state index is -2.91. The molecular formula is C10H21NO4S. The maximum atomic E-state index is 11.1. The Morgan fingerprint density at radius 1 is 1.44 bits per heavy atom. The van der Waals surface area contributed by atoms with E-state index in [2.05, 4.69) is 5.32 Å². The van der Waals surface area contributed by atoms with Crippen molar-refractivity contribution in [1.29, 1.82) is 0 Å². The number of ether oxygens (including phenoxy) is 2. The molecule has 2 unspecified atom stereocenters. The lowest BCUT2D eigenvalue weighted by Gasteiger charge is -2.30. The number of likely N-dealkylation sites (N-methyl/N-ethyl adjacent to an activating group) is 1. The number of sulfone groups is 1. The second-order valence-corrected chi connectivity index (χ2v) is 6.33. The SMILES string of the molecule is CCNC(CCS(C)(=O)=O)C1COCCO1. The zero-order chi connectivity index (χ0) is 12.0. The Kier molecular flexibility index (Phi) is 5.68. The zero-order valence-electron chi connectivity index (χ0n) is 9.94. The average Bonchev–Trinajstić information content (AvgIpc) is 2.24. The van der Waals surface area contributed by atoms with Gasteiger partial charge in [-0.3, -0.25) is 0 Å². The molecule has 0 amide bonds. The Morgan fingerprint density at radius 3 is 2.69 bits per heavy atom. The highest BCUT2D eigenvalue weighted by molar-refractivity contribution is 7.90. The molecule has 1 aliphatic rings. The van der Waals surface area contributed by atoms with Crippen LogP contribution < -0.4 is 5.32 Å². The molecule has 2 atom stereocenters. The third-order valence-corrected chi connectivity index (χ3v) is 3.53. The molecule has 6 heteroatoms. The summed E-state index contributed by atoms with van der Waals surface area (Å²) < 4.78 is 33.1. The fraction of sp³-hybridized carbons (Fsp3) is 1.00. The molecule has 0 aromatic rings. The lowest BCUT2D eigenvalue weighted by molar-refractivity contribution is -0.101. The summed E-state index contributed by atoms with van der Waals surface area (Å²) in [6.45, 7) is 4.56. The third-order valence-electron chi connectivity index (χ3n) is 2.56. The number of hydrogen-bond acceptors (Lipinski definition) is 5. The first-order valence-electron chi connectivity index (χ1n) is 5.63. The van der Waals surface area contributed by atoms with Crippen molar-refractivity contribution in [1.82, 2.24) is 5.32 Å². The molecule has 1 aliphatic heterocycles. The zero-order valence-corrected chi connectivity index (χ0v) is 10.8. The van der Waals surface area contributed by atoms with Gasteiger partial charge in [-0.15, -0.1) is 0 Å². The van der Waals surface area contributed by atoms with E-state index >= 15 is 0 Å². The second-order valence-electron chi connectivity index (χ2n) is 4.07. The van der Waals surface area contributed by atoms with Gasteiger partial charge in [0.15, 0.2) is 0 Å². The molecule has 5 nitrogen and oxygen atoms in total. The van der Waals surface area contributed by atoms with Gasteiger partial charge in [-0.05, 0) is 13.0 Å². The van der Waals surface area contributed by atoms with Crippen LogP contribution >= 0.6 is 0 Å². The molecule has 0 spiro atoms. The van der Waals surface area contributed by atoms with E-state index in [1.54, 1.807) is 0 Å². The highest BCUT2D eigenvalue weighted by Gasteiger charge is 2.25. The van der Waals surface area contributed by atoms with E-state index in [1.165, 1.54) is 6.26 Å². The van der Waals surface area contributed by atoms with E-state index < -0.39 is 9.84 Å². The van der Waals surface area contributed by atoms with Crippen molar-refractivity contribution in [3.8, 4) is 0 Å². The van der Waals surface area contributed by atoms with Crippen LogP contribution in [0.15, 0.2) is 0 Å². The molecule has 0 aromatic heterocycles. The smallest absolute Gasteiger partial charge is 0.147 e. The fourth-order valence-electron chi connectivity index (χ4n) is 1.76. The number of nitrogens with one attached hydrogen (secondary N) is 1. The standard InChI is InChI=1S/C10H21NO4S/c1-3-11-9(4-7-16(2,12)13)10-8-14-5-6-15-10/h9-11H,3-8H2,1-2H3. The molecule has 96 valence electrons. The molecule has 1 N–H and O–H groups in total. The molecule has 0 radical (unpaired) electrons. The fourth-order valence-corrected chi connectivity index (χ4v) is 2.44. The maximum Gasteiger partial charge on any atom is 0.147 e. The van der Waals surface area contributed by atoms with Crippen LogP contribution in [0.5, 0.6) is 0 Å². The quantitative estimate of drug-likeness (QED) is 0.709. The van der Waals surface area contributed by atoms with E-state index in [9.17, 15) is 8.42 Å². The topological polar surface area (TPSA) is 64.6 Å².